The van der Waals surface area contributed by atoms with Crippen LogP contribution < -0.4 is 19.7 Å². The fourth-order valence-corrected chi connectivity index (χ4v) is 7.39. The van der Waals surface area contributed by atoms with Crippen LogP contribution in [0.5, 0.6) is 11.5 Å². The molecule has 1 saturated carbocycles. The second-order valence-electron chi connectivity index (χ2n) is 13.3. The van der Waals surface area contributed by atoms with Crippen LogP contribution in [0.1, 0.15) is 42.9 Å². The van der Waals surface area contributed by atoms with Crippen molar-refractivity contribution in [3.63, 3.8) is 0 Å². The molecule has 6 aromatic rings. The Labute approximate surface area is 284 Å². The molecule has 10 nitrogen and oxygen atoms in total. The van der Waals surface area contributed by atoms with E-state index in [-0.39, 0.29) is 12.0 Å². The number of ether oxygens (including phenoxy) is 2. The van der Waals surface area contributed by atoms with Gasteiger partial charge in [-0.3, -0.25) is 4.68 Å². The van der Waals surface area contributed by atoms with Gasteiger partial charge in [0.25, 0.3) is 0 Å². The van der Waals surface area contributed by atoms with Crippen molar-refractivity contribution in [3.8, 4) is 22.8 Å². The third-order valence-corrected chi connectivity index (χ3v) is 10.2. The fraction of sp³-hybridized carbons (Fsp3) is 0.368. The Morgan fingerprint density at radius 1 is 0.980 bits per heavy atom. The summed E-state index contributed by atoms with van der Waals surface area (Å²) in [7, 11) is 5.17. The molecule has 5 heterocycles. The van der Waals surface area contributed by atoms with Gasteiger partial charge in [-0.1, -0.05) is 12.1 Å². The quantitative estimate of drug-likeness (QED) is 0.157. The molecule has 8 rings (SSSR count). The molecule has 3 atom stereocenters. The number of nitrogens with one attached hydrogen (secondary N) is 1. The minimum absolute atomic E-state index is 0.258. The smallest absolute Gasteiger partial charge is 0.146 e. The number of fused-ring (bicyclic) bond motifs is 2. The average molecular weight is 661 g/mol. The molecule has 0 bridgehead atoms. The molecule has 4 aromatic heterocycles. The van der Waals surface area contributed by atoms with Gasteiger partial charge in [0.15, 0.2) is 0 Å². The highest BCUT2D eigenvalue weighted by atomic mass is 19.1. The van der Waals surface area contributed by atoms with Crippen LogP contribution in [-0.4, -0.2) is 62.8 Å². The molecule has 2 fully saturated rings. The predicted molar refractivity (Wildman–Crippen MR) is 190 cm³/mol. The first kappa shape index (κ1) is 31.1. The number of pyridine rings is 1. The van der Waals surface area contributed by atoms with Gasteiger partial charge in [-0.05, 0) is 80.0 Å². The summed E-state index contributed by atoms with van der Waals surface area (Å²) < 4.78 is 30.8. The standard InChI is InChI=1S/C38H41FN8O2/c1-45-16-13-31(44-45)29-22-47(38-36(29)37(41-23-42-38)40-21-27-9-11-28(48-2)20-34(27)49-3)33-19-25(17-30(33)39)6-5-24-7-8-26-10-12-35(43-32(26)18-24)46-14-4-15-46/h7-13,16,18,20,22-23,25,30,33H,4-6,14-15,17,19,21H2,1-3H3,(H,40,41,42). The Kier molecular flexibility index (Phi) is 8.26. The maximum atomic E-state index is 16.0. The summed E-state index contributed by atoms with van der Waals surface area (Å²) in [6.45, 7) is 2.62. The highest BCUT2D eigenvalue weighted by Gasteiger charge is 2.37. The minimum Gasteiger partial charge on any atom is -0.497 e. The molecule has 49 heavy (non-hydrogen) atoms. The van der Waals surface area contributed by atoms with E-state index in [9.17, 15) is 0 Å². The number of anilines is 2. The summed E-state index contributed by atoms with van der Waals surface area (Å²) in [5.74, 6) is 3.42. The fourth-order valence-electron chi connectivity index (χ4n) is 7.39. The molecular formula is C38H41FN8O2. The second kappa shape index (κ2) is 13.0. The van der Waals surface area contributed by atoms with Crippen LogP contribution in [0.4, 0.5) is 16.0 Å². The van der Waals surface area contributed by atoms with Crippen molar-refractivity contribution in [2.24, 2.45) is 13.0 Å². The van der Waals surface area contributed by atoms with Crippen LogP contribution in [0.25, 0.3) is 33.2 Å². The molecule has 1 N–H and O–H groups in total. The molecule has 2 aromatic carbocycles. The van der Waals surface area contributed by atoms with E-state index >= 15 is 4.39 Å². The summed E-state index contributed by atoms with van der Waals surface area (Å²) >= 11 is 0. The summed E-state index contributed by atoms with van der Waals surface area (Å²) in [4.78, 5) is 16.6. The van der Waals surface area contributed by atoms with Gasteiger partial charge in [-0.25, -0.2) is 19.3 Å². The van der Waals surface area contributed by atoms with Crippen molar-refractivity contribution < 1.29 is 13.9 Å². The Bertz CT molecular complexity index is 2120. The zero-order valence-corrected chi connectivity index (χ0v) is 28.1. The normalized spacial score (nSPS) is 19.0. The number of halogens is 1. The predicted octanol–water partition coefficient (Wildman–Crippen LogP) is 7.14. The van der Waals surface area contributed by atoms with Crippen molar-refractivity contribution in [2.45, 2.75) is 50.9 Å². The Hall–Kier alpha value is -5.19. The molecule has 0 radical (unpaired) electrons. The number of aryl methyl sites for hydroxylation is 2. The first-order chi connectivity index (χ1) is 24.0. The van der Waals surface area contributed by atoms with Crippen molar-refractivity contribution in [2.75, 3.05) is 37.5 Å². The molecule has 3 unspecified atom stereocenters. The van der Waals surface area contributed by atoms with E-state index in [4.69, 9.17) is 24.5 Å². The molecule has 1 aliphatic heterocycles. The van der Waals surface area contributed by atoms with Crippen molar-refractivity contribution in [1.82, 2.24) is 29.3 Å². The highest BCUT2D eigenvalue weighted by molar-refractivity contribution is 6.00. The Morgan fingerprint density at radius 3 is 2.63 bits per heavy atom. The number of benzene rings is 2. The van der Waals surface area contributed by atoms with Crippen LogP contribution in [0, 0.1) is 5.92 Å². The van der Waals surface area contributed by atoms with Crippen molar-refractivity contribution in [3.05, 3.63) is 84.4 Å². The van der Waals surface area contributed by atoms with Gasteiger partial charge in [-0.2, -0.15) is 5.10 Å². The highest BCUT2D eigenvalue weighted by Crippen LogP contribution is 2.44. The number of rotatable bonds is 11. The first-order valence-corrected chi connectivity index (χ1v) is 17.1. The SMILES string of the molecule is COc1ccc(CNc2ncnc3c2c(-c2ccn(C)n2)cn3C2CC(CCc3ccc4ccc(N5CCC5)nc4c3)CC2F)c(OC)c1. The van der Waals surface area contributed by atoms with Crippen LogP contribution in [0.2, 0.25) is 0 Å². The monoisotopic (exact) mass is 660 g/mol. The topological polar surface area (TPSA) is 95.1 Å². The number of alkyl halides is 1. The third-order valence-electron chi connectivity index (χ3n) is 10.2. The maximum Gasteiger partial charge on any atom is 0.146 e. The molecule has 1 aliphatic carbocycles. The van der Waals surface area contributed by atoms with Crippen LogP contribution in [-0.2, 0) is 20.0 Å². The molecule has 0 amide bonds. The first-order valence-electron chi connectivity index (χ1n) is 17.1. The lowest BCUT2D eigenvalue weighted by atomic mass is 9.97. The third kappa shape index (κ3) is 6.02. The van der Waals surface area contributed by atoms with E-state index in [1.807, 2.05) is 48.3 Å². The van der Waals surface area contributed by atoms with Gasteiger partial charge >= 0.3 is 0 Å². The van der Waals surface area contributed by atoms with Gasteiger partial charge in [0.05, 0.1) is 36.9 Å². The summed E-state index contributed by atoms with van der Waals surface area (Å²) in [5.41, 5.74) is 5.60. The van der Waals surface area contributed by atoms with Crippen LogP contribution in [0.15, 0.2) is 73.3 Å². The summed E-state index contributed by atoms with van der Waals surface area (Å²) in [6, 6.07) is 18.2. The average Bonchev–Trinajstić information content (AvgIpc) is 3.81. The van der Waals surface area contributed by atoms with Gasteiger partial charge in [0.2, 0.25) is 0 Å². The van der Waals surface area contributed by atoms with E-state index < -0.39 is 6.17 Å². The summed E-state index contributed by atoms with van der Waals surface area (Å²) in [6.07, 6.45) is 8.82. The van der Waals surface area contributed by atoms with Crippen molar-refractivity contribution >= 4 is 33.6 Å². The number of methoxy groups -OCH3 is 2. The lowest BCUT2D eigenvalue weighted by Crippen LogP contribution is -2.37. The largest absolute Gasteiger partial charge is 0.497 e. The minimum atomic E-state index is -0.982. The maximum absolute atomic E-state index is 16.0. The van der Waals surface area contributed by atoms with Crippen molar-refractivity contribution in [1.29, 1.82) is 0 Å². The lowest BCUT2D eigenvalue weighted by molar-refractivity contribution is 0.265. The van der Waals surface area contributed by atoms with Gasteiger partial charge in [-0.15, -0.1) is 0 Å². The van der Waals surface area contributed by atoms with Gasteiger partial charge in [0, 0.05) is 61.7 Å². The van der Waals surface area contributed by atoms with E-state index in [1.165, 1.54) is 12.0 Å². The Morgan fingerprint density at radius 2 is 1.86 bits per heavy atom. The van der Waals surface area contributed by atoms with E-state index in [1.54, 1.807) is 25.2 Å². The lowest BCUT2D eigenvalue weighted by Gasteiger charge is -2.32. The number of hydrogen-bond acceptors (Lipinski definition) is 8. The molecule has 11 heteroatoms. The van der Waals surface area contributed by atoms with Gasteiger partial charge in [0.1, 0.15) is 41.3 Å². The molecule has 252 valence electrons. The summed E-state index contributed by atoms with van der Waals surface area (Å²) in [5, 5.41) is 10.2. The number of nitrogens with zero attached hydrogens (tertiary/aromatic N) is 7. The molecule has 0 spiro atoms. The van der Waals surface area contributed by atoms with E-state index in [0.717, 1.165) is 77.0 Å². The molecule has 2 aliphatic rings. The van der Waals surface area contributed by atoms with E-state index in [0.29, 0.717) is 30.2 Å². The van der Waals surface area contributed by atoms with Crippen LogP contribution >= 0.6 is 0 Å². The number of aromatic nitrogens is 6. The number of hydrogen-bond donors (Lipinski definition) is 1. The van der Waals surface area contributed by atoms with Crippen LogP contribution in [0.3, 0.4) is 0 Å². The molecular weight excluding hydrogens is 619 g/mol. The zero-order valence-electron chi connectivity index (χ0n) is 28.1. The van der Waals surface area contributed by atoms with Gasteiger partial charge < -0.3 is 24.3 Å². The second-order valence-corrected chi connectivity index (χ2v) is 13.3. The van der Waals surface area contributed by atoms with E-state index in [2.05, 4.69) is 45.5 Å². The zero-order chi connectivity index (χ0) is 33.5. The Balaban J connectivity index is 1.04. The molecule has 1 saturated heterocycles.